The first-order chi connectivity index (χ1) is 15.3. The van der Waals surface area contributed by atoms with E-state index in [-0.39, 0.29) is 43.0 Å². The Balaban J connectivity index is 2.01. The molecular formula is C24H37N3O5. The van der Waals surface area contributed by atoms with E-state index in [4.69, 9.17) is 4.74 Å². The normalized spacial score (nSPS) is 30.5. The number of β-amino-alcohol motifs (C(OH)–C–C–N with tert-alkyl or cyclic N) is 1. The second-order valence-electron chi connectivity index (χ2n) is 9.26. The molecule has 178 valence electrons. The van der Waals surface area contributed by atoms with E-state index in [0.717, 1.165) is 6.42 Å². The number of likely N-dealkylation sites (tertiary alicyclic amines) is 1. The lowest BCUT2D eigenvalue weighted by Crippen LogP contribution is -2.57. The van der Waals surface area contributed by atoms with Gasteiger partial charge in [-0.3, -0.25) is 14.4 Å². The maximum absolute atomic E-state index is 13.8. The molecule has 3 saturated heterocycles. The van der Waals surface area contributed by atoms with Gasteiger partial charge in [0, 0.05) is 32.2 Å². The number of ether oxygens (including phenoxy) is 1. The lowest BCUT2D eigenvalue weighted by atomic mass is 9.70. The largest absolute Gasteiger partial charge is 0.395 e. The van der Waals surface area contributed by atoms with Crippen LogP contribution >= 0.6 is 0 Å². The Kier molecular flexibility index (Phi) is 7.45. The third-order valence-electron chi connectivity index (χ3n) is 7.05. The summed E-state index contributed by atoms with van der Waals surface area (Å²) in [6.07, 6.45) is 4.95. The highest BCUT2D eigenvalue weighted by molar-refractivity contribution is 5.99. The third-order valence-corrected chi connectivity index (χ3v) is 7.05. The third kappa shape index (κ3) is 3.77. The molecule has 0 radical (unpaired) electrons. The molecule has 0 aromatic carbocycles. The Hall–Kier alpha value is -2.19. The maximum atomic E-state index is 13.8. The Morgan fingerprint density at radius 3 is 2.53 bits per heavy atom. The molecule has 5 atom stereocenters. The Morgan fingerprint density at radius 1 is 1.28 bits per heavy atom. The molecular weight excluding hydrogens is 410 g/mol. The van der Waals surface area contributed by atoms with Gasteiger partial charge >= 0.3 is 0 Å². The Morgan fingerprint density at radius 2 is 1.97 bits per heavy atom. The fourth-order valence-electron chi connectivity index (χ4n) is 5.84. The van der Waals surface area contributed by atoms with Crippen molar-refractivity contribution in [3.05, 3.63) is 25.3 Å². The van der Waals surface area contributed by atoms with Crippen molar-refractivity contribution in [3.63, 3.8) is 0 Å². The molecule has 3 aliphatic heterocycles. The molecule has 8 nitrogen and oxygen atoms in total. The van der Waals surface area contributed by atoms with E-state index >= 15 is 0 Å². The second-order valence-corrected chi connectivity index (χ2v) is 9.26. The highest BCUT2D eigenvalue weighted by Gasteiger charge is 2.74. The number of carbonyl (C=O) groups is 3. The summed E-state index contributed by atoms with van der Waals surface area (Å²) in [5.41, 5.74) is -1.03. The van der Waals surface area contributed by atoms with E-state index < -0.39 is 23.5 Å². The predicted octanol–water partition coefficient (Wildman–Crippen LogP) is 1.20. The predicted molar refractivity (Wildman–Crippen MR) is 121 cm³/mol. The first-order valence-electron chi connectivity index (χ1n) is 11.7. The van der Waals surface area contributed by atoms with E-state index in [9.17, 15) is 19.5 Å². The van der Waals surface area contributed by atoms with Gasteiger partial charge in [-0.15, -0.1) is 13.2 Å². The van der Waals surface area contributed by atoms with E-state index in [1.165, 1.54) is 4.90 Å². The molecule has 1 N–H and O–H groups in total. The van der Waals surface area contributed by atoms with Gasteiger partial charge in [-0.2, -0.15) is 0 Å². The lowest BCUT2D eigenvalue weighted by molar-refractivity contribution is -0.150. The van der Waals surface area contributed by atoms with Gasteiger partial charge in [0.15, 0.2) is 0 Å². The summed E-state index contributed by atoms with van der Waals surface area (Å²) in [4.78, 5) is 45.8. The molecule has 3 amide bonds. The van der Waals surface area contributed by atoms with Crippen molar-refractivity contribution < 1.29 is 24.2 Å². The van der Waals surface area contributed by atoms with E-state index in [2.05, 4.69) is 13.2 Å². The molecule has 0 saturated carbocycles. The van der Waals surface area contributed by atoms with Crippen LogP contribution in [0.5, 0.6) is 0 Å². The van der Waals surface area contributed by atoms with Crippen molar-refractivity contribution in [2.45, 2.75) is 63.8 Å². The first-order valence-corrected chi connectivity index (χ1v) is 11.7. The molecule has 1 spiro atoms. The average Bonchev–Trinajstić information content (AvgIpc) is 3.39. The fourth-order valence-corrected chi connectivity index (χ4v) is 5.84. The molecule has 2 unspecified atom stereocenters. The fraction of sp³-hybridized carbons (Fsp3) is 0.708. The molecule has 3 heterocycles. The minimum Gasteiger partial charge on any atom is -0.395 e. The van der Waals surface area contributed by atoms with Crippen LogP contribution in [0.25, 0.3) is 0 Å². The summed E-state index contributed by atoms with van der Waals surface area (Å²) < 4.78 is 6.42. The number of nitrogens with zero attached hydrogens (tertiary/aromatic N) is 3. The first kappa shape index (κ1) is 24.5. The van der Waals surface area contributed by atoms with Gasteiger partial charge in [0.05, 0.1) is 24.5 Å². The van der Waals surface area contributed by atoms with Crippen LogP contribution < -0.4 is 0 Å². The number of hydrogen-bond acceptors (Lipinski definition) is 5. The van der Waals surface area contributed by atoms with Crippen molar-refractivity contribution in [1.29, 1.82) is 0 Å². The van der Waals surface area contributed by atoms with Gasteiger partial charge in [-0.25, -0.2) is 0 Å². The van der Waals surface area contributed by atoms with Crippen LogP contribution in [0.15, 0.2) is 25.3 Å². The Bertz CT molecular complexity index is 769. The van der Waals surface area contributed by atoms with Gasteiger partial charge in [0.2, 0.25) is 17.7 Å². The lowest BCUT2D eigenvalue weighted by Gasteiger charge is -2.38. The Labute approximate surface area is 190 Å². The molecule has 0 aromatic rings. The quantitative estimate of drug-likeness (QED) is 0.481. The number of hydrogen-bond donors (Lipinski definition) is 1. The summed E-state index contributed by atoms with van der Waals surface area (Å²) in [6.45, 7) is 14.5. The molecule has 3 fully saturated rings. The van der Waals surface area contributed by atoms with Gasteiger partial charge < -0.3 is 24.5 Å². The van der Waals surface area contributed by atoms with Gasteiger partial charge in [0.25, 0.3) is 0 Å². The minimum atomic E-state index is -1.03. The van der Waals surface area contributed by atoms with E-state index in [1.807, 2.05) is 20.8 Å². The van der Waals surface area contributed by atoms with Crippen molar-refractivity contribution in [2.24, 2.45) is 11.8 Å². The van der Waals surface area contributed by atoms with Crippen LogP contribution in [0.1, 0.15) is 40.0 Å². The number of carbonyl (C=O) groups excluding carboxylic acids is 3. The SMILES string of the molecule is C=CCN(CCC)C(=O)[C@@H]1[C@@H]2CCC3(O2)C(C(=O)N(CC=C)C(C)C)N(CCO)C(=O)[C@H]13. The standard InChI is InChI=1S/C24H37N3O5/c1-6-11-25(12-7-2)21(29)18-17-9-10-24(32-17)19(18)22(30)27(14-15-28)20(24)23(31)26(13-8-3)16(4)5/h6,8,16-20,28H,1,3,7,9-15H2,2,4-5H3/t17-,18+,19-,20?,24?/m0/s1. The van der Waals surface area contributed by atoms with Crippen molar-refractivity contribution >= 4 is 17.7 Å². The van der Waals surface area contributed by atoms with Gasteiger partial charge in [-0.1, -0.05) is 19.1 Å². The van der Waals surface area contributed by atoms with Crippen molar-refractivity contribution in [2.75, 3.05) is 32.8 Å². The van der Waals surface area contributed by atoms with Crippen molar-refractivity contribution in [1.82, 2.24) is 14.7 Å². The number of rotatable bonds is 11. The second kappa shape index (κ2) is 9.75. The van der Waals surface area contributed by atoms with Crippen LogP contribution in [0, 0.1) is 11.8 Å². The molecule has 0 aromatic heterocycles. The highest BCUT2D eigenvalue weighted by Crippen LogP contribution is 2.58. The molecule has 3 rings (SSSR count). The molecule has 2 bridgehead atoms. The monoisotopic (exact) mass is 447 g/mol. The van der Waals surface area contributed by atoms with Gasteiger partial charge in [0.1, 0.15) is 11.6 Å². The molecule has 32 heavy (non-hydrogen) atoms. The van der Waals surface area contributed by atoms with Crippen LogP contribution in [-0.2, 0) is 19.1 Å². The van der Waals surface area contributed by atoms with E-state index in [0.29, 0.717) is 32.5 Å². The maximum Gasteiger partial charge on any atom is 0.248 e. The van der Waals surface area contributed by atoms with Crippen molar-refractivity contribution in [3.8, 4) is 0 Å². The summed E-state index contributed by atoms with van der Waals surface area (Å²) in [6, 6.07) is -0.943. The molecule has 0 aliphatic carbocycles. The summed E-state index contributed by atoms with van der Waals surface area (Å²) in [5.74, 6) is -1.92. The number of amides is 3. The van der Waals surface area contributed by atoms with E-state index in [1.54, 1.807) is 22.0 Å². The summed E-state index contributed by atoms with van der Waals surface area (Å²) in [5, 5.41) is 9.67. The average molecular weight is 448 g/mol. The smallest absolute Gasteiger partial charge is 0.248 e. The highest BCUT2D eigenvalue weighted by atomic mass is 16.5. The molecule has 3 aliphatic rings. The zero-order valence-electron chi connectivity index (χ0n) is 19.5. The topological polar surface area (TPSA) is 90.4 Å². The summed E-state index contributed by atoms with van der Waals surface area (Å²) in [7, 11) is 0. The number of aliphatic hydroxyl groups excluding tert-OH is 1. The summed E-state index contributed by atoms with van der Waals surface area (Å²) >= 11 is 0. The van der Waals surface area contributed by atoms with Crippen LogP contribution in [0.2, 0.25) is 0 Å². The van der Waals surface area contributed by atoms with Crippen LogP contribution in [0.3, 0.4) is 0 Å². The van der Waals surface area contributed by atoms with Gasteiger partial charge in [-0.05, 0) is 33.1 Å². The van der Waals surface area contributed by atoms with Crippen LogP contribution in [0.4, 0.5) is 0 Å². The number of aliphatic hydroxyl groups is 1. The number of fused-ring (bicyclic) bond motifs is 1. The minimum absolute atomic E-state index is 0.0355. The molecule has 8 heteroatoms. The zero-order chi connectivity index (χ0) is 23.6. The van der Waals surface area contributed by atoms with Crippen LogP contribution in [-0.4, -0.2) is 94.1 Å². The zero-order valence-corrected chi connectivity index (χ0v) is 19.5.